The van der Waals surface area contributed by atoms with Gasteiger partial charge in [-0.1, -0.05) is 6.92 Å². The van der Waals surface area contributed by atoms with Gasteiger partial charge < -0.3 is 15.2 Å². The summed E-state index contributed by atoms with van der Waals surface area (Å²) >= 11 is 0. The second kappa shape index (κ2) is 4.94. The van der Waals surface area contributed by atoms with Crippen molar-refractivity contribution in [3.8, 4) is 0 Å². The van der Waals surface area contributed by atoms with Crippen molar-refractivity contribution in [1.29, 1.82) is 0 Å². The van der Waals surface area contributed by atoms with Crippen LogP contribution in [0.25, 0.3) is 0 Å². The lowest BCUT2D eigenvalue weighted by Crippen LogP contribution is -2.45. The Balaban J connectivity index is 2.55. The van der Waals surface area contributed by atoms with Gasteiger partial charge in [-0.25, -0.2) is 0 Å². The van der Waals surface area contributed by atoms with Gasteiger partial charge in [-0.3, -0.25) is 0 Å². The van der Waals surface area contributed by atoms with Crippen molar-refractivity contribution >= 4 is 0 Å². The van der Waals surface area contributed by atoms with Crippen LogP contribution in [-0.2, 0) is 9.47 Å². The molecule has 0 spiro atoms. The second-order valence-corrected chi connectivity index (χ2v) is 4.08. The Hall–Kier alpha value is -0.120. The molecule has 2 N–H and O–H groups in total. The number of ether oxygens (including phenoxy) is 2. The van der Waals surface area contributed by atoms with Crippen molar-refractivity contribution in [2.24, 2.45) is 17.1 Å². The third-order valence-electron chi connectivity index (χ3n) is 3.22. The summed E-state index contributed by atoms with van der Waals surface area (Å²) in [5, 5.41) is 0. The molecule has 1 saturated heterocycles. The summed E-state index contributed by atoms with van der Waals surface area (Å²) < 4.78 is 10.7. The molecular weight excluding hydrogens is 166 g/mol. The van der Waals surface area contributed by atoms with Gasteiger partial charge in [0.1, 0.15) is 0 Å². The first kappa shape index (κ1) is 11.0. The van der Waals surface area contributed by atoms with Gasteiger partial charge in [0.15, 0.2) is 0 Å². The van der Waals surface area contributed by atoms with Crippen LogP contribution in [0.2, 0.25) is 0 Å². The van der Waals surface area contributed by atoms with Crippen LogP contribution in [0.4, 0.5) is 0 Å². The summed E-state index contributed by atoms with van der Waals surface area (Å²) in [5.74, 6) is 0.489. The summed E-state index contributed by atoms with van der Waals surface area (Å²) in [5.41, 5.74) is 5.99. The lowest BCUT2D eigenvalue weighted by atomic mass is 9.73. The first-order valence-electron chi connectivity index (χ1n) is 5.02. The molecule has 0 bridgehead atoms. The lowest BCUT2D eigenvalue weighted by Gasteiger charge is -2.40. The molecule has 0 radical (unpaired) electrons. The third kappa shape index (κ3) is 2.42. The third-order valence-corrected chi connectivity index (χ3v) is 3.22. The molecule has 0 aromatic carbocycles. The van der Waals surface area contributed by atoms with E-state index in [0.717, 1.165) is 26.2 Å². The van der Waals surface area contributed by atoms with E-state index in [9.17, 15) is 0 Å². The van der Waals surface area contributed by atoms with E-state index in [1.165, 1.54) is 6.42 Å². The first-order chi connectivity index (χ1) is 6.25. The monoisotopic (exact) mass is 187 g/mol. The molecule has 1 aliphatic rings. The van der Waals surface area contributed by atoms with Crippen molar-refractivity contribution in [3.05, 3.63) is 0 Å². The van der Waals surface area contributed by atoms with E-state index < -0.39 is 0 Å². The maximum atomic E-state index is 5.83. The zero-order valence-corrected chi connectivity index (χ0v) is 8.71. The summed E-state index contributed by atoms with van der Waals surface area (Å²) in [7, 11) is 1.74. The van der Waals surface area contributed by atoms with E-state index in [4.69, 9.17) is 15.2 Å². The van der Waals surface area contributed by atoms with E-state index in [2.05, 4.69) is 6.92 Å². The normalized spacial score (nSPS) is 31.6. The highest BCUT2D eigenvalue weighted by Gasteiger charge is 2.36. The Morgan fingerprint density at radius 3 is 2.85 bits per heavy atom. The van der Waals surface area contributed by atoms with Crippen molar-refractivity contribution in [2.75, 3.05) is 33.5 Å². The standard InChI is InChI=1S/C10H21NO2/c1-9(6-12-2)10(7-11)4-3-5-13-8-10/h9H,3-8,11H2,1-2H3. The van der Waals surface area contributed by atoms with Crippen molar-refractivity contribution in [3.63, 3.8) is 0 Å². The minimum Gasteiger partial charge on any atom is -0.384 e. The van der Waals surface area contributed by atoms with Crippen molar-refractivity contribution in [2.45, 2.75) is 19.8 Å². The largest absolute Gasteiger partial charge is 0.384 e. The summed E-state index contributed by atoms with van der Waals surface area (Å²) in [6.07, 6.45) is 2.30. The summed E-state index contributed by atoms with van der Waals surface area (Å²) in [6.45, 7) is 5.37. The average molecular weight is 187 g/mol. The Labute approximate surface area is 80.6 Å². The zero-order valence-electron chi connectivity index (χ0n) is 8.71. The van der Waals surface area contributed by atoms with Crippen molar-refractivity contribution in [1.82, 2.24) is 0 Å². The minimum atomic E-state index is 0.161. The Kier molecular flexibility index (Phi) is 4.16. The van der Waals surface area contributed by atoms with E-state index in [0.29, 0.717) is 12.5 Å². The lowest BCUT2D eigenvalue weighted by molar-refractivity contribution is -0.0503. The van der Waals surface area contributed by atoms with Gasteiger partial charge in [-0.2, -0.15) is 0 Å². The number of methoxy groups -OCH3 is 1. The van der Waals surface area contributed by atoms with Gasteiger partial charge in [0.25, 0.3) is 0 Å². The van der Waals surface area contributed by atoms with Crippen LogP contribution in [0.15, 0.2) is 0 Å². The highest BCUT2D eigenvalue weighted by atomic mass is 16.5. The van der Waals surface area contributed by atoms with Gasteiger partial charge in [-0.15, -0.1) is 0 Å². The summed E-state index contributed by atoms with van der Waals surface area (Å²) in [4.78, 5) is 0. The number of rotatable bonds is 4. The van der Waals surface area contributed by atoms with E-state index in [1.54, 1.807) is 7.11 Å². The van der Waals surface area contributed by atoms with Gasteiger partial charge >= 0.3 is 0 Å². The van der Waals surface area contributed by atoms with E-state index in [-0.39, 0.29) is 5.41 Å². The Morgan fingerprint density at radius 2 is 2.38 bits per heavy atom. The molecule has 2 atom stereocenters. The molecule has 13 heavy (non-hydrogen) atoms. The molecule has 3 heteroatoms. The Morgan fingerprint density at radius 1 is 1.62 bits per heavy atom. The minimum absolute atomic E-state index is 0.161. The first-order valence-corrected chi connectivity index (χ1v) is 5.02. The fraction of sp³-hybridized carbons (Fsp3) is 1.00. The Bertz CT molecular complexity index is 144. The van der Waals surface area contributed by atoms with Crippen molar-refractivity contribution < 1.29 is 9.47 Å². The predicted molar refractivity (Wildman–Crippen MR) is 52.6 cm³/mol. The maximum Gasteiger partial charge on any atom is 0.0537 e. The number of nitrogens with two attached hydrogens (primary N) is 1. The molecule has 1 fully saturated rings. The predicted octanol–water partition coefficient (Wildman–Crippen LogP) is 1.02. The highest BCUT2D eigenvalue weighted by molar-refractivity contribution is 4.87. The van der Waals surface area contributed by atoms with Crippen LogP contribution in [0.3, 0.4) is 0 Å². The molecule has 78 valence electrons. The SMILES string of the molecule is COCC(C)C1(CN)CCCOC1. The van der Waals surface area contributed by atoms with Crippen LogP contribution < -0.4 is 5.73 Å². The molecule has 3 nitrogen and oxygen atoms in total. The quantitative estimate of drug-likeness (QED) is 0.714. The fourth-order valence-electron chi connectivity index (χ4n) is 2.05. The van der Waals surface area contributed by atoms with E-state index >= 15 is 0 Å². The molecule has 1 heterocycles. The number of hydrogen-bond acceptors (Lipinski definition) is 3. The fourth-order valence-corrected chi connectivity index (χ4v) is 2.05. The second-order valence-electron chi connectivity index (χ2n) is 4.08. The molecule has 0 aromatic heterocycles. The van der Waals surface area contributed by atoms with Crippen LogP contribution in [0.1, 0.15) is 19.8 Å². The highest BCUT2D eigenvalue weighted by Crippen LogP contribution is 2.35. The van der Waals surface area contributed by atoms with Gasteiger partial charge in [-0.05, 0) is 18.8 Å². The smallest absolute Gasteiger partial charge is 0.0537 e. The molecule has 1 aliphatic heterocycles. The van der Waals surface area contributed by atoms with Crippen LogP contribution in [0, 0.1) is 11.3 Å². The average Bonchev–Trinajstić information content (AvgIpc) is 2.19. The molecule has 2 unspecified atom stereocenters. The van der Waals surface area contributed by atoms with Gasteiger partial charge in [0.05, 0.1) is 6.61 Å². The van der Waals surface area contributed by atoms with E-state index in [1.807, 2.05) is 0 Å². The van der Waals surface area contributed by atoms with Gasteiger partial charge in [0, 0.05) is 32.3 Å². The van der Waals surface area contributed by atoms with Crippen LogP contribution in [0.5, 0.6) is 0 Å². The molecule has 0 saturated carbocycles. The molecule has 1 rings (SSSR count). The zero-order chi connectivity index (χ0) is 9.73. The molecule has 0 amide bonds. The number of hydrogen-bond donors (Lipinski definition) is 1. The topological polar surface area (TPSA) is 44.5 Å². The maximum absolute atomic E-state index is 5.83. The van der Waals surface area contributed by atoms with Crippen LogP contribution >= 0.6 is 0 Å². The van der Waals surface area contributed by atoms with Crippen LogP contribution in [-0.4, -0.2) is 33.5 Å². The summed E-state index contributed by atoms with van der Waals surface area (Å²) in [6, 6.07) is 0. The molecule has 0 aliphatic carbocycles. The van der Waals surface area contributed by atoms with Gasteiger partial charge in [0.2, 0.25) is 0 Å². The molecular formula is C10H21NO2. The molecule has 0 aromatic rings.